The van der Waals surface area contributed by atoms with Crippen molar-refractivity contribution < 1.29 is 32.2 Å². The van der Waals surface area contributed by atoms with E-state index in [0.717, 1.165) is 6.07 Å². The summed E-state index contributed by atoms with van der Waals surface area (Å²) in [6.07, 6.45) is 0. The Bertz CT molecular complexity index is 560. The Balaban J connectivity index is 3.14. The number of carboxylic acid groups (broad SMARTS) is 1. The summed E-state index contributed by atoms with van der Waals surface area (Å²) in [7, 11) is -4.58. The van der Waals surface area contributed by atoms with Crippen LogP contribution in [0.15, 0.2) is 23.1 Å². The molecule has 0 saturated carbocycles. The molecule has 9 heteroatoms. The highest BCUT2D eigenvalue weighted by molar-refractivity contribution is 7.89. The Labute approximate surface area is 101 Å². The highest BCUT2D eigenvalue weighted by Crippen LogP contribution is 2.15. The van der Waals surface area contributed by atoms with E-state index < -0.39 is 45.2 Å². The van der Waals surface area contributed by atoms with Gasteiger partial charge in [-0.2, -0.15) is 4.72 Å². The zero-order valence-corrected chi connectivity index (χ0v) is 9.62. The van der Waals surface area contributed by atoms with E-state index in [1.54, 1.807) is 4.72 Å². The number of aliphatic carboxylic acids is 1. The van der Waals surface area contributed by atoms with Crippen molar-refractivity contribution in [1.82, 2.24) is 4.72 Å². The smallest absolute Gasteiger partial charge is 0.324 e. The summed E-state index contributed by atoms with van der Waals surface area (Å²) in [5.41, 5.74) is 0. The summed E-state index contributed by atoms with van der Waals surface area (Å²) in [6.45, 7) is -1.02. The third-order valence-corrected chi connectivity index (χ3v) is 3.45. The lowest BCUT2D eigenvalue weighted by Gasteiger charge is -2.12. The van der Waals surface area contributed by atoms with Crippen LogP contribution in [0, 0.1) is 11.6 Å². The van der Waals surface area contributed by atoms with Crippen molar-refractivity contribution in [2.45, 2.75) is 10.9 Å². The van der Waals surface area contributed by atoms with Crippen LogP contribution in [-0.4, -0.2) is 37.2 Å². The number of aliphatic hydroxyl groups excluding tert-OH is 1. The minimum atomic E-state index is -4.58. The van der Waals surface area contributed by atoms with Crippen LogP contribution in [0.2, 0.25) is 0 Å². The van der Waals surface area contributed by atoms with Gasteiger partial charge in [0.05, 0.1) is 6.61 Å². The van der Waals surface area contributed by atoms with Crippen LogP contribution in [0.25, 0.3) is 0 Å². The minimum Gasteiger partial charge on any atom is -0.480 e. The molecule has 1 aromatic carbocycles. The summed E-state index contributed by atoms with van der Waals surface area (Å²) in [5, 5.41) is 17.2. The third-order valence-electron chi connectivity index (χ3n) is 1.96. The molecule has 0 aliphatic rings. The summed E-state index contributed by atoms with van der Waals surface area (Å²) in [5.74, 6) is -3.86. The van der Waals surface area contributed by atoms with Crippen molar-refractivity contribution in [3.63, 3.8) is 0 Å². The standard InChI is InChI=1S/C9H9F2NO5S/c10-5-1-2-6(11)8(3-5)18(16,17)12-7(4-13)9(14)15/h1-3,7,12-13H,4H2,(H,14,15)/t7-/m0/s1. The fourth-order valence-corrected chi connectivity index (χ4v) is 2.37. The van der Waals surface area contributed by atoms with E-state index >= 15 is 0 Å². The van der Waals surface area contributed by atoms with Gasteiger partial charge in [-0.05, 0) is 18.2 Å². The van der Waals surface area contributed by atoms with Crippen molar-refractivity contribution in [3.05, 3.63) is 29.8 Å². The van der Waals surface area contributed by atoms with Crippen LogP contribution in [0.5, 0.6) is 0 Å². The van der Waals surface area contributed by atoms with E-state index in [4.69, 9.17) is 10.2 Å². The third kappa shape index (κ3) is 3.22. The molecular formula is C9H9F2NO5S. The molecule has 0 aliphatic carbocycles. The summed E-state index contributed by atoms with van der Waals surface area (Å²) < 4.78 is 50.8. The van der Waals surface area contributed by atoms with E-state index in [1.807, 2.05) is 0 Å². The molecule has 0 amide bonds. The number of nitrogens with one attached hydrogen (secondary N) is 1. The van der Waals surface area contributed by atoms with E-state index in [2.05, 4.69) is 0 Å². The number of carbonyl (C=O) groups is 1. The highest BCUT2D eigenvalue weighted by atomic mass is 32.2. The summed E-state index contributed by atoms with van der Waals surface area (Å²) in [4.78, 5) is 9.51. The highest BCUT2D eigenvalue weighted by Gasteiger charge is 2.27. The average Bonchev–Trinajstić information content (AvgIpc) is 2.28. The number of aliphatic hydroxyl groups is 1. The van der Waals surface area contributed by atoms with Gasteiger partial charge in [-0.1, -0.05) is 0 Å². The van der Waals surface area contributed by atoms with Gasteiger partial charge in [0, 0.05) is 0 Å². The molecule has 0 aliphatic heterocycles. The topological polar surface area (TPSA) is 104 Å². The van der Waals surface area contributed by atoms with Gasteiger partial charge >= 0.3 is 5.97 Å². The lowest BCUT2D eigenvalue weighted by atomic mass is 10.3. The predicted molar refractivity (Wildman–Crippen MR) is 55.2 cm³/mol. The number of hydrogen-bond acceptors (Lipinski definition) is 4. The Morgan fingerprint density at radius 1 is 1.39 bits per heavy atom. The molecule has 1 rings (SSSR count). The van der Waals surface area contributed by atoms with E-state index in [9.17, 15) is 22.0 Å². The molecule has 0 aromatic heterocycles. The number of benzene rings is 1. The van der Waals surface area contributed by atoms with Crippen LogP contribution in [0.1, 0.15) is 0 Å². The number of rotatable bonds is 5. The predicted octanol–water partition coefficient (Wildman–Crippen LogP) is -0.311. The Kier molecular flexibility index (Phi) is 4.33. The monoisotopic (exact) mass is 281 g/mol. The van der Waals surface area contributed by atoms with Crippen LogP contribution in [0.4, 0.5) is 8.78 Å². The molecule has 0 bridgehead atoms. The van der Waals surface area contributed by atoms with Gasteiger partial charge in [-0.3, -0.25) is 4.79 Å². The Morgan fingerprint density at radius 3 is 2.50 bits per heavy atom. The van der Waals surface area contributed by atoms with E-state index in [1.165, 1.54) is 0 Å². The minimum absolute atomic E-state index is 0.411. The van der Waals surface area contributed by atoms with Gasteiger partial charge in [-0.15, -0.1) is 0 Å². The second kappa shape index (κ2) is 5.38. The fourth-order valence-electron chi connectivity index (χ4n) is 1.10. The molecule has 100 valence electrons. The molecule has 1 atom stereocenters. The number of hydrogen-bond donors (Lipinski definition) is 3. The van der Waals surface area contributed by atoms with Crippen molar-refractivity contribution in [2.75, 3.05) is 6.61 Å². The first-order chi connectivity index (χ1) is 8.27. The van der Waals surface area contributed by atoms with Crippen LogP contribution >= 0.6 is 0 Å². The van der Waals surface area contributed by atoms with Gasteiger partial charge in [0.15, 0.2) is 0 Å². The van der Waals surface area contributed by atoms with E-state index in [-0.39, 0.29) is 0 Å². The van der Waals surface area contributed by atoms with Gasteiger partial charge in [-0.25, -0.2) is 17.2 Å². The summed E-state index contributed by atoms with van der Waals surface area (Å²) in [6, 6.07) is -0.112. The molecule has 0 heterocycles. The van der Waals surface area contributed by atoms with Gasteiger partial charge < -0.3 is 10.2 Å². The van der Waals surface area contributed by atoms with Crippen molar-refractivity contribution in [3.8, 4) is 0 Å². The fraction of sp³-hybridized carbons (Fsp3) is 0.222. The first kappa shape index (κ1) is 14.5. The molecule has 3 N–H and O–H groups in total. The molecule has 0 spiro atoms. The van der Waals surface area contributed by atoms with Crippen LogP contribution in [-0.2, 0) is 14.8 Å². The zero-order valence-electron chi connectivity index (χ0n) is 8.80. The Hall–Kier alpha value is -1.58. The van der Waals surface area contributed by atoms with Crippen LogP contribution in [0.3, 0.4) is 0 Å². The Morgan fingerprint density at radius 2 is 2.00 bits per heavy atom. The molecule has 0 radical (unpaired) electrons. The first-order valence-electron chi connectivity index (χ1n) is 4.59. The normalized spacial score (nSPS) is 13.3. The van der Waals surface area contributed by atoms with Crippen molar-refractivity contribution in [1.29, 1.82) is 0 Å². The molecular weight excluding hydrogens is 272 g/mol. The largest absolute Gasteiger partial charge is 0.480 e. The zero-order chi connectivity index (χ0) is 13.9. The van der Waals surface area contributed by atoms with Gasteiger partial charge in [0.25, 0.3) is 0 Å². The molecule has 18 heavy (non-hydrogen) atoms. The lowest BCUT2D eigenvalue weighted by molar-refractivity contribution is -0.139. The molecule has 0 fully saturated rings. The maximum Gasteiger partial charge on any atom is 0.324 e. The van der Waals surface area contributed by atoms with Crippen molar-refractivity contribution in [2.24, 2.45) is 0 Å². The number of halogens is 2. The maximum atomic E-state index is 13.2. The second-order valence-electron chi connectivity index (χ2n) is 3.27. The average molecular weight is 281 g/mol. The maximum absolute atomic E-state index is 13.2. The molecule has 1 aromatic rings. The number of carboxylic acids is 1. The van der Waals surface area contributed by atoms with E-state index in [0.29, 0.717) is 12.1 Å². The number of sulfonamides is 1. The van der Waals surface area contributed by atoms with Crippen LogP contribution < -0.4 is 4.72 Å². The molecule has 0 unspecified atom stereocenters. The van der Waals surface area contributed by atoms with Crippen molar-refractivity contribution >= 4 is 16.0 Å². The van der Waals surface area contributed by atoms with Gasteiger partial charge in [0.1, 0.15) is 22.6 Å². The quantitative estimate of drug-likeness (QED) is 0.686. The first-order valence-corrected chi connectivity index (χ1v) is 6.07. The lowest BCUT2D eigenvalue weighted by Crippen LogP contribution is -2.43. The SMILES string of the molecule is O=C(O)[C@H](CO)NS(=O)(=O)c1cc(F)ccc1F. The summed E-state index contributed by atoms with van der Waals surface area (Å²) >= 11 is 0. The second-order valence-corrected chi connectivity index (χ2v) is 4.95. The molecule has 6 nitrogen and oxygen atoms in total. The van der Waals surface area contributed by atoms with Gasteiger partial charge in [0.2, 0.25) is 10.0 Å². The molecule has 0 saturated heterocycles.